The van der Waals surface area contributed by atoms with Crippen LogP contribution in [0.2, 0.25) is 0 Å². The molecule has 132 valence electrons. The Kier molecular flexibility index (Phi) is 6.33. The summed E-state index contributed by atoms with van der Waals surface area (Å²) in [5.41, 5.74) is 0. The first-order chi connectivity index (χ1) is 11.4. The minimum atomic E-state index is -0.478. The maximum Gasteiger partial charge on any atom is 0.321 e. The van der Waals surface area contributed by atoms with Gasteiger partial charge in [0.2, 0.25) is 5.91 Å². The molecular formula is C16H24N4O3S. The third-order valence-electron chi connectivity index (χ3n) is 3.92. The van der Waals surface area contributed by atoms with Crippen LogP contribution in [0.5, 0.6) is 0 Å². The standard InChI is InChI=1S/C16H24N4O3S/c1-11(2)17-16(23)18-14(21)12(3)19-6-8-20(9-7-19)15(22)13-5-4-10-24-13/h4-5,10-12H,6-9H2,1-3H3,(H2,17,18,21,23). The Hall–Kier alpha value is -1.93. The molecule has 1 unspecified atom stereocenters. The van der Waals surface area contributed by atoms with Gasteiger partial charge in [0.1, 0.15) is 0 Å². The molecule has 2 rings (SSSR count). The molecule has 2 heterocycles. The van der Waals surface area contributed by atoms with E-state index in [1.54, 1.807) is 11.8 Å². The van der Waals surface area contributed by atoms with E-state index in [9.17, 15) is 14.4 Å². The molecule has 0 saturated carbocycles. The molecule has 0 aromatic carbocycles. The Balaban J connectivity index is 1.81. The highest BCUT2D eigenvalue weighted by Gasteiger charge is 2.28. The second kappa shape index (κ2) is 8.25. The molecule has 1 saturated heterocycles. The maximum absolute atomic E-state index is 12.3. The van der Waals surface area contributed by atoms with Gasteiger partial charge in [-0.05, 0) is 32.2 Å². The Morgan fingerprint density at radius 1 is 1.12 bits per heavy atom. The molecule has 0 radical (unpaired) electrons. The number of carbonyl (C=O) groups excluding carboxylic acids is 3. The van der Waals surface area contributed by atoms with Gasteiger partial charge in [0.25, 0.3) is 5.91 Å². The zero-order valence-corrected chi connectivity index (χ0v) is 15.1. The lowest BCUT2D eigenvalue weighted by Gasteiger charge is -2.37. The number of nitrogens with zero attached hydrogens (tertiary/aromatic N) is 2. The lowest BCUT2D eigenvalue weighted by Crippen LogP contribution is -2.56. The number of hydrogen-bond acceptors (Lipinski definition) is 5. The van der Waals surface area contributed by atoms with Crippen LogP contribution in [0.3, 0.4) is 0 Å². The zero-order chi connectivity index (χ0) is 17.7. The fourth-order valence-electron chi connectivity index (χ4n) is 2.55. The van der Waals surface area contributed by atoms with Crippen LogP contribution < -0.4 is 10.6 Å². The van der Waals surface area contributed by atoms with E-state index in [2.05, 4.69) is 10.6 Å². The van der Waals surface area contributed by atoms with E-state index in [-0.39, 0.29) is 17.9 Å². The molecule has 4 amide bonds. The van der Waals surface area contributed by atoms with Gasteiger partial charge in [-0.15, -0.1) is 11.3 Å². The van der Waals surface area contributed by atoms with Crippen LogP contribution in [0, 0.1) is 0 Å². The largest absolute Gasteiger partial charge is 0.336 e. The fourth-order valence-corrected chi connectivity index (χ4v) is 3.24. The summed E-state index contributed by atoms with van der Waals surface area (Å²) in [6, 6.07) is 2.76. The smallest absolute Gasteiger partial charge is 0.321 e. The van der Waals surface area contributed by atoms with Crippen molar-refractivity contribution in [2.45, 2.75) is 32.9 Å². The molecule has 1 fully saturated rings. The van der Waals surface area contributed by atoms with Crippen LogP contribution in [0.1, 0.15) is 30.4 Å². The summed E-state index contributed by atoms with van der Waals surface area (Å²) in [6.07, 6.45) is 0. The van der Waals surface area contributed by atoms with Crippen molar-refractivity contribution in [3.05, 3.63) is 22.4 Å². The molecule has 1 aliphatic heterocycles. The number of thiophene rings is 1. The van der Waals surface area contributed by atoms with E-state index in [4.69, 9.17) is 0 Å². The van der Waals surface area contributed by atoms with Crippen LogP contribution in [-0.4, -0.2) is 65.9 Å². The third kappa shape index (κ3) is 4.78. The molecule has 0 bridgehead atoms. The first-order valence-electron chi connectivity index (χ1n) is 8.06. The summed E-state index contributed by atoms with van der Waals surface area (Å²) in [6.45, 7) is 7.80. The molecule has 1 aromatic heterocycles. The van der Waals surface area contributed by atoms with Gasteiger partial charge in [0.05, 0.1) is 10.9 Å². The minimum Gasteiger partial charge on any atom is -0.336 e. The topological polar surface area (TPSA) is 81.8 Å². The van der Waals surface area contributed by atoms with Crippen LogP contribution in [0.15, 0.2) is 17.5 Å². The zero-order valence-electron chi connectivity index (χ0n) is 14.2. The van der Waals surface area contributed by atoms with E-state index in [1.165, 1.54) is 11.3 Å². The Labute approximate surface area is 146 Å². The van der Waals surface area contributed by atoms with Gasteiger partial charge in [-0.2, -0.15) is 0 Å². The van der Waals surface area contributed by atoms with E-state index in [0.717, 1.165) is 4.88 Å². The van der Waals surface area contributed by atoms with Crippen LogP contribution >= 0.6 is 11.3 Å². The van der Waals surface area contributed by atoms with Crippen molar-refractivity contribution in [3.63, 3.8) is 0 Å². The lowest BCUT2D eigenvalue weighted by molar-refractivity contribution is -0.125. The molecule has 1 aliphatic rings. The highest BCUT2D eigenvalue weighted by atomic mass is 32.1. The van der Waals surface area contributed by atoms with Crippen LogP contribution in [0.25, 0.3) is 0 Å². The number of imide groups is 1. The van der Waals surface area contributed by atoms with Gasteiger partial charge in [0, 0.05) is 32.2 Å². The molecule has 24 heavy (non-hydrogen) atoms. The summed E-state index contributed by atoms with van der Waals surface area (Å²) in [4.78, 5) is 40.6. The Morgan fingerprint density at radius 2 is 1.79 bits per heavy atom. The third-order valence-corrected chi connectivity index (χ3v) is 4.77. The van der Waals surface area contributed by atoms with Gasteiger partial charge >= 0.3 is 6.03 Å². The number of nitrogens with one attached hydrogen (secondary N) is 2. The quantitative estimate of drug-likeness (QED) is 0.851. The Morgan fingerprint density at radius 3 is 2.33 bits per heavy atom. The van der Waals surface area contributed by atoms with Gasteiger partial charge in [-0.3, -0.25) is 19.8 Å². The van der Waals surface area contributed by atoms with Gasteiger partial charge in [-0.1, -0.05) is 6.07 Å². The van der Waals surface area contributed by atoms with Gasteiger partial charge < -0.3 is 10.2 Å². The number of urea groups is 1. The van der Waals surface area contributed by atoms with E-state index in [0.29, 0.717) is 26.2 Å². The first kappa shape index (κ1) is 18.4. The van der Waals surface area contributed by atoms with Crippen molar-refractivity contribution < 1.29 is 14.4 Å². The van der Waals surface area contributed by atoms with Crippen molar-refractivity contribution >= 4 is 29.2 Å². The van der Waals surface area contributed by atoms with Crippen molar-refractivity contribution in [3.8, 4) is 0 Å². The highest BCUT2D eigenvalue weighted by Crippen LogP contribution is 2.14. The van der Waals surface area contributed by atoms with Crippen LogP contribution in [-0.2, 0) is 4.79 Å². The summed E-state index contributed by atoms with van der Waals surface area (Å²) < 4.78 is 0. The molecule has 8 heteroatoms. The summed E-state index contributed by atoms with van der Waals surface area (Å²) in [5, 5.41) is 6.87. The predicted octanol–water partition coefficient (Wildman–Crippen LogP) is 1.13. The average Bonchev–Trinajstić information content (AvgIpc) is 3.07. The number of piperazine rings is 1. The van der Waals surface area contributed by atoms with E-state index < -0.39 is 12.1 Å². The predicted molar refractivity (Wildman–Crippen MR) is 93.1 cm³/mol. The summed E-state index contributed by atoms with van der Waals surface area (Å²) >= 11 is 1.43. The first-order valence-corrected chi connectivity index (χ1v) is 8.94. The second-order valence-corrected chi connectivity index (χ2v) is 7.05. The molecular weight excluding hydrogens is 328 g/mol. The van der Waals surface area contributed by atoms with Gasteiger partial charge in [-0.25, -0.2) is 4.79 Å². The van der Waals surface area contributed by atoms with Gasteiger partial charge in [0.15, 0.2) is 0 Å². The fraction of sp³-hybridized carbons (Fsp3) is 0.562. The van der Waals surface area contributed by atoms with Crippen LogP contribution in [0.4, 0.5) is 4.79 Å². The molecule has 1 aromatic rings. The summed E-state index contributed by atoms with van der Waals surface area (Å²) in [5.74, 6) is -0.288. The summed E-state index contributed by atoms with van der Waals surface area (Å²) in [7, 11) is 0. The van der Waals surface area contributed by atoms with E-state index >= 15 is 0 Å². The number of amides is 4. The maximum atomic E-state index is 12.3. The SMILES string of the molecule is CC(C)NC(=O)NC(=O)C(C)N1CCN(C(=O)c2cccs2)CC1. The van der Waals surface area contributed by atoms with Crippen molar-refractivity contribution in [2.24, 2.45) is 0 Å². The molecule has 0 spiro atoms. The number of carbonyl (C=O) groups is 3. The lowest BCUT2D eigenvalue weighted by atomic mass is 10.2. The normalized spacial score (nSPS) is 16.8. The molecule has 1 atom stereocenters. The minimum absolute atomic E-state index is 0.0279. The average molecular weight is 352 g/mol. The highest BCUT2D eigenvalue weighted by molar-refractivity contribution is 7.12. The second-order valence-electron chi connectivity index (χ2n) is 6.10. The monoisotopic (exact) mass is 352 g/mol. The number of rotatable bonds is 4. The van der Waals surface area contributed by atoms with Crippen molar-refractivity contribution in [1.29, 1.82) is 0 Å². The molecule has 2 N–H and O–H groups in total. The molecule has 7 nitrogen and oxygen atoms in total. The molecule has 0 aliphatic carbocycles. The van der Waals surface area contributed by atoms with Crippen molar-refractivity contribution in [1.82, 2.24) is 20.4 Å². The number of hydrogen-bond donors (Lipinski definition) is 2. The van der Waals surface area contributed by atoms with Crippen molar-refractivity contribution in [2.75, 3.05) is 26.2 Å². The van der Waals surface area contributed by atoms with E-state index in [1.807, 2.05) is 36.3 Å². The Bertz CT molecular complexity index is 580.